The number of nitro groups is 1. The van der Waals surface area contributed by atoms with Crippen molar-refractivity contribution >= 4 is 34.9 Å². The lowest BCUT2D eigenvalue weighted by atomic mass is 9.87. The normalized spacial score (nSPS) is 26.2. The van der Waals surface area contributed by atoms with Crippen molar-refractivity contribution in [2.45, 2.75) is 24.8 Å². The van der Waals surface area contributed by atoms with Crippen LogP contribution in [0.25, 0.3) is 0 Å². The Bertz CT molecular complexity index is 695. The molecule has 0 radical (unpaired) electrons. The van der Waals surface area contributed by atoms with Gasteiger partial charge in [-0.1, -0.05) is 18.0 Å². The number of benzene rings is 1. The molecule has 2 aliphatic rings. The van der Waals surface area contributed by atoms with Crippen LogP contribution in [0.15, 0.2) is 18.2 Å². The number of hydrogen-bond donors (Lipinski definition) is 3. The van der Waals surface area contributed by atoms with E-state index in [4.69, 9.17) is 11.6 Å². The minimum absolute atomic E-state index is 0.121. The van der Waals surface area contributed by atoms with E-state index >= 15 is 0 Å². The highest BCUT2D eigenvalue weighted by Crippen LogP contribution is 2.38. The minimum atomic E-state index is -0.911. The Morgan fingerprint density at radius 3 is 2.87 bits per heavy atom. The Hall–Kier alpha value is -2.35. The molecule has 1 aliphatic heterocycles. The predicted molar refractivity (Wildman–Crippen MR) is 83.3 cm³/mol. The summed E-state index contributed by atoms with van der Waals surface area (Å²) in [5, 5.41) is 19.4. The molecule has 1 aromatic carbocycles. The Morgan fingerprint density at radius 1 is 1.43 bits per heavy atom. The topological polar surface area (TPSA) is 113 Å². The van der Waals surface area contributed by atoms with Gasteiger partial charge in [-0.3, -0.25) is 20.2 Å². The number of halogens is 1. The molecule has 122 valence electrons. The average Bonchev–Trinajstić information content (AvgIpc) is 3.01. The van der Waals surface area contributed by atoms with Gasteiger partial charge < -0.3 is 10.6 Å². The van der Waals surface area contributed by atoms with E-state index in [9.17, 15) is 19.7 Å². The van der Waals surface area contributed by atoms with Gasteiger partial charge in [-0.2, -0.15) is 0 Å². The molecular formula is C14H15ClN4O4. The number of carbonyl (C=O) groups excluding carboxylic acids is 2. The van der Waals surface area contributed by atoms with Crippen molar-refractivity contribution in [1.82, 2.24) is 10.6 Å². The quantitative estimate of drug-likeness (QED) is 0.441. The fourth-order valence-corrected chi connectivity index (χ4v) is 3.53. The van der Waals surface area contributed by atoms with Crippen LogP contribution in [0.4, 0.5) is 16.2 Å². The number of nitro benzene ring substituents is 1. The Morgan fingerprint density at radius 2 is 2.22 bits per heavy atom. The summed E-state index contributed by atoms with van der Waals surface area (Å²) in [6.45, 7) is 0.343. The first-order chi connectivity index (χ1) is 10.9. The van der Waals surface area contributed by atoms with Crippen LogP contribution in [0.1, 0.15) is 19.3 Å². The second-order valence-electron chi connectivity index (χ2n) is 5.77. The highest BCUT2D eigenvalue weighted by molar-refractivity contribution is 6.30. The Kier molecular flexibility index (Phi) is 3.85. The Balaban J connectivity index is 1.77. The number of anilines is 1. The van der Waals surface area contributed by atoms with Crippen molar-refractivity contribution in [3.63, 3.8) is 0 Å². The van der Waals surface area contributed by atoms with Crippen LogP contribution in [-0.4, -0.2) is 28.9 Å². The molecule has 1 spiro atoms. The molecule has 23 heavy (non-hydrogen) atoms. The molecule has 9 heteroatoms. The van der Waals surface area contributed by atoms with E-state index in [1.54, 1.807) is 6.07 Å². The van der Waals surface area contributed by atoms with E-state index in [2.05, 4.69) is 16.0 Å². The van der Waals surface area contributed by atoms with Crippen molar-refractivity contribution in [3.05, 3.63) is 33.3 Å². The zero-order valence-electron chi connectivity index (χ0n) is 12.1. The van der Waals surface area contributed by atoms with Gasteiger partial charge in [-0.05, 0) is 25.0 Å². The van der Waals surface area contributed by atoms with Crippen LogP contribution in [0.2, 0.25) is 5.02 Å². The summed E-state index contributed by atoms with van der Waals surface area (Å²) < 4.78 is 0. The molecule has 0 bridgehead atoms. The molecule has 1 aliphatic carbocycles. The molecule has 1 saturated heterocycles. The van der Waals surface area contributed by atoms with Gasteiger partial charge in [0.05, 0.1) is 4.92 Å². The molecule has 1 aromatic rings. The molecule has 0 aromatic heterocycles. The summed E-state index contributed by atoms with van der Waals surface area (Å²) in [6, 6.07) is 3.89. The number of nitrogens with zero attached hydrogens (tertiary/aromatic N) is 1. The molecule has 3 N–H and O–H groups in total. The summed E-state index contributed by atoms with van der Waals surface area (Å²) >= 11 is 5.79. The van der Waals surface area contributed by atoms with Gasteiger partial charge in [-0.15, -0.1) is 0 Å². The van der Waals surface area contributed by atoms with Crippen molar-refractivity contribution in [2.24, 2.45) is 5.92 Å². The van der Waals surface area contributed by atoms with Gasteiger partial charge in [0.1, 0.15) is 11.2 Å². The summed E-state index contributed by atoms with van der Waals surface area (Å²) in [6.07, 6.45) is 2.13. The number of carbonyl (C=O) groups is 2. The molecule has 8 nitrogen and oxygen atoms in total. The zero-order valence-corrected chi connectivity index (χ0v) is 12.9. The summed E-state index contributed by atoms with van der Waals surface area (Å²) in [5.41, 5.74) is -0.693. The number of urea groups is 1. The fraction of sp³-hybridized carbons (Fsp3) is 0.429. The standard InChI is InChI=1S/C14H15ClN4O4/c15-9-3-4-10(11(6-9)19(22)23)16-7-8-2-1-5-14(8)12(20)17-13(21)18-14/h3-4,6,8,16H,1-2,5,7H2,(H2,17,18,20,21)/t8-,14-/m1/s1. The third-order valence-electron chi connectivity index (χ3n) is 4.48. The highest BCUT2D eigenvalue weighted by atomic mass is 35.5. The third kappa shape index (κ3) is 2.70. The molecular weight excluding hydrogens is 324 g/mol. The zero-order chi connectivity index (χ0) is 16.6. The second-order valence-corrected chi connectivity index (χ2v) is 6.20. The van der Waals surface area contributed by atoms with Gasteiger partial charge in [0.2, 0.25) is 0 Å². The first-order valence-electron chi connectivity index (χ1n) is 7.24. The molecule has 1 saturated carbocycles. The molecule has 1 heterocycles. The maximum Gasteiger partial charge on any atom is 0.322 e. The van der Waals surface area contributed by atoms with Crippen molar-refractivity contribution in [1.29, 1.82) is 0 Å². The van der Waals surface area contributed by atoms with Crippen LogP contribution < -0.4 is 16.0 Å². The average molecular weight is 339 g/mol. The van der Waals surface area contributed by atoms with Crippen molar-refractivity contribution in [2.75, 3.05) is 11.9 Å². The SMILES string of the molecule is O=C1NC(=O)[C@]2(CCC[C@@H]2CNc2ccc(Cl)cc2[N+](=O)[O-])N1. The lowest BCUT2D eigenvalue weighted by Gasteiger charge is -2.28. The first kappa shape index (κ1) is 15.5. The molecule has 0 unspecified atom stereocenters. The van der Waals surface area contributed by atoms with E-state index in [0.29, 0.717) is 18.7 Å². The number of rotatable bonds is 4. The number of hydrogen-bond acceptors (Lipinski definition) is 5. The number of imide groups is 1. The van der Waals surface area contributed by atoms with Gasteiger partial charge in [0.15, 0.2) is 0 Å². The minimum Gasteiger partial charge on any atom is -0.379 e. The van der Waals surface area contributed by atoms with Crippen LogP contribution >= 0.6 is 11.6 Å². The molecule has 3 rings (SSSR count). The molecule has 2 fully saturated rings. The predicted octanol–water partition coefficient (Wildman–Crippen LogP) is 2.04. The number of amides is 3. The van der Waals surface area contributed by atoms with E-state index in [1.807, 2.05) is 0 Å². The van der Waals surface area contributed by atoms with Gasteiger partial charge in [0, 0.05) is 23.6 Å². The van der Waals surface area contributed by atoms with Crippen molar-refractivity contribution in [3.8, 4) is 0 Å². The van der Waals surface area contributed by atoms with E-state index in [-0.39, 0.29) is 22.5 Å². The fourth-order valence-electron chi connectivity index (χ4n) is 3.36. The molecule has 2 atom stereocenters. The third-order valence-corrected chi connectivity index (χ3v) is 4.72. The van der Waals surface area contributed by atoms with Crippen molar-refractivity contribution < 1.29 is 14.5 Å². The maximum atomic E-state index is 12.1. The lowest BCUT2D eigenvalue weighted by molar-refractivity contribution is -0.383. The second kappa shape index (κ2) is 5.69. The largest absolute Gasteiger partial charge is 0.379 e. The van der Waals surface area contributed by atoms with Gasteiger partial charge in [-0.25, -0.2) is 4.79 Å². The highest BCUT2D eigenvalue weighted by Gasteiger charge is 2.54. The smallest absolute Gasteiger partial charge is 0.322 e. The summed E-state index contributed by atoms with van der Waals surface area (Å²) in [7, 11) is 0. The van der Waals surface area contributed by atoms with Crippen LogP contribution in [0, 0.1) is 16.0 Å². The Labute approximate surface area is 136 Å². The first-order valence-corrected chi connectivity index (χ1v) is 7.61. The van der Waals surface area contributed by atoms with Gasteiger partial charge in [0.25, 0.3) is 11.6 Å². The lowest BCUT2D eigenvalue weighted by Crippen LogP contribution is -2.51. The van der Waals surface area contributed by atoms with E-state index in [0.717, 1.165) is 12.8 Å². The molecule has 3 amide bonds. The summed E-state index contributed by atoms with van der Waals surface area (Å²) in [4.78, 5) is 34.1. The van der Waals surface area contributed by atoms with E-state index in [1.165, 1.54) is 12.1 Å². The van der Waals surface area contributed by atoms with E-state index < -0.39 is 16.5 Å². The monoisotopic (exact) mass is 338 g/mol. The van der Waals surface area contributed by atoms with Crippen LogP contribution in [0.3, 0.4) is 0 Å². The van der Waals surface area contributed by atoms with Crippen LogP contribution in [-0.2, 0) is 4.79 Å². The van der Waals surface area contributed by atoms with Crippen LogP contribution in [0.5, 0.6) is 0 Å². The number of nitrogens with one attached hydrogen (secondary N) is 3. The van der Waals surface area contributed by atoms with Gasteiger partial charge >= 0.3 is 6.03 Å². The summed E-state index contributed by atoms with van der Waals surface area (Å²) in [5.74, 6) is -0.457. The maximum absolute atomic E-state index is 12.1.